The number of nitrogens with two attached hydrogens (primary N) is 1. The molecule has 2 unspecified atom stereocenters. The third-order valence-electron chi connectivity index (χ3n) is 7.06. The Balaban J connectivity index is 1.76. The van der Waals surface area contributed by atoms with Crippen LogP contribution in [0, 0.1) is 11.8 Å². The molecule has 9 nitrogen and oxygen atoms in total. The first-order chi connectivity index (χ1) is 17.9. The minimum Gasteiger partial charge on any atom is -0.439 e. The van der Waals surface area contributed by atoms with Crippen LogP contribution in [0.25, 0.3) is 11.5 Å². The zero-order chi connectivity index (χ0) is 27.7. The van der Waals surface area contributed by atoms with E-state index in [-0.39, 0.29) is 16.7 Å². The van der Waals surface area contributed by atoms with Gasteiger partial charge >= 0.3 is 0 Å². The summed E-state index contributed by atoms with van der Waals surface area (Å²) in [6, 6.07) is 11.7. The molecule has 3 aromatic rings. The third-order valence-corrected chi connectivity index (χ3v) is 8.60. The van der Waals surface area contributed by atoms with Crippen LogP contribution in [-0.4, -0.2) is 58.5 Å². The normalized spacial score (nSPS) is 18.7. The van der Waals surface area contributed by atoms with E-state index in [1.54, 1.807) is 19.4 Å². The van der Waals surface area contributed by atoms with Crippen molar-refractivity contribution in [2.45, 2.75) is 32.2 Å². The predicted molar refractivity (Wildman–Crippen MR) is 151 cm³/mol. The fourth-order valence-electron chi connectivity index (χ4n) is 4.39. The Hall–Kier alpha value is -2.66. The standard InChI is InChI=1S/C27H36ClN5O4S/c1-18-13-20(18)17-33(11-12-36-4)23-14-21(24(28)25(31-23)32(3)38(5,34)35)26-30-16-22(37-26)27(2,29)15-19-9-7-6-8-10-19/h6-10,14,16,18,20H,11-13,15,17,29H2,1-5H3/t18?,20?,27-/m1/s1. The summed E-state index contributed by atoms with van der Waals surface area (Å²) in [7, 11) is -0.561. The van der Waals surface area contributed by atoms with E-state index in [1.807, 2.05) is 37.3 Å². The van der Waals surface area contributed by atoms with Crippen molar-refractivity contribution in [1.29, 1.82) is 0 Å². The van der Waals surface area contributed by atoms with Crippen molar-refractivity contribution in [2.24, 2.45) is 17.6 Å². The smallest absolute Gasteiger partial charge is 0.233 e. The van der Waals surface area contributed by atoms with Crippen LogP contribution >= 0.6 is 11.6 Å². The lowest BCUT2D eigenvalue weighted by Crippen LogP contribution is -2.35. The van der Waals surface area contributed by atoms with E-state index in [9.17, 15) is 8.42 Å². The maximum atomic E-state index is 12.5. The Morgan fingerprint density at radius 2 is 1.97 bits per heavy atom. The Morgan fingerprint density at radius 3 is 2.58 bits per heavy atom. The molecule has 4 rings (SSSR count). The number of hydrogen-bond acceptors (Lipinski definition) is 8. The second-order valence-electron chi connectivity index (χ2n) is 10.4. The average Bonchev–Trinajstić information content (AvgIpc) is 3.33. The third kappa shape index (κ3) is 6.48. The highest BCUT2D eigenvalue weighted by Crippen LogP contribution is 2.41. The average molecular weight is 562 g/mol. The first-order valence-corrected chi connectivity index (χ1v) is 14.8. The fourth-order valence-corrected chi connectivity index (χ4v) is 5.19. The summed E-state index contributed by atoms with van der Waals surface area (Å²) in [6.45, 7) is 5.96. The molecule has 1 aromatic carbocycles. The van der Waals surface area contributed by atoms with Gasteiger partial charge in [0.1, 0.15) is 11.6 Å². The zero-order valence-corrected chi connectivity index (χ0v) is 24.1. The number of nitrogens with zero attached hydrogens (tertiary/aromatic N) is 4. The lowest BCUT2D eigenvalue weighted by Gasteiger charge is -2.27. The topological polar surface area (TPSA) is 115 Å². The van der Waals surface area contributed by atoms with Crippen molar-refractivity contribution >= 4 is 33.3 Å². The van der Waals surface area contributed by atoms with Crippen LogP contribution in [0.5, 0.6) is 0 Å². The predicted octanol–water partition coefficient (Wildman–Crippen LogP) is 4.31. The van der Waals surface area contributed by atoms with Gasteiger partial charge < -0.3 is 19.8 Å². The molecular formula is C27H36ClN5O4S. The van der Waals surface area contributed by atoms with Gasteiger partial charge in [-0.05, 0) is 43.2 Å². The number of anilines is 2. The molecule has 1 saturated carbocycles. The van der Waals surface area contributed by atoms with Crippen LogP contribution in [-0.2, 0) is 26.7 Å². The summed E-state index contributed by atoms with van der Waals surface area (Å²) in [4.78, 5) is 11.3. The van der Waals surface area contributed by atoms with Crippen molar-refractivity contribution < 1.29 is 17.6 Å². The van der Waals surface area contributed by atoms with Crippen LogP contribution in [0.2, 0.25) is 5.02 Å². The Bertz CT molecular complexity index is 1360. The van der Waals surface area contributed by atoms with E-state index in [0.29, 0.717) is 48.5 Å². The Kier molecular flexibility index (Phi) is 8.37. The van der Waals surface area contributed by atoms with Crippen molar-refractivity contribution in [3.8, 4) is 11.5 Å². The van der Waals surface area contributed by atoms with Crippen LogP contribution in [0.15, 0.2) is 47.0 Å². The van der Waals surface area contributed by atoms with E-state index >= 15 is 0 Å². The summed E-state index contributed by atoms with van der Waals surface area (Å²) in [5.41, 5.74) is 7.34. The molecule has 0 aliphatic heterocycles. The SMILES string of the molecule is COCCN(CC1CC1C)c1cc(-c2ncc([C@](C)(N)Cc3ccccc3)o2)c(Cl)c(N(C)S(C)(=O)=O)n1. The summed E-state index contributed by atoms with van der Waals surface area (Å²) < 4.78 is 37.5. The van der Waals surface area contributed by atoms with Gasteiger partial charge in [0.05, 0.1) is 35.2 Å². The number of sulfonamides is 1. The summed E-state index contributed by atoms with van der Waals surface area (Å²) in [5.74, 6) is 2.58. The molecule has 2 aromatic heterocycles. The van der Waals surface area contributed by atoms with Crippen LogP contribution in [0.3, 0.4) is 0 Å². The summed E-state index contributed by atoms with van der Waals surface area (Å²) in [6.07, 6.45) is 4.39. The Morgan fingerprint density at radius 1 is 1.29 bits per heavy atom. The molecule has 0 radical (unpaired) electrons. The monoisotopic (exact) mass is 561 g/mol. The van der Waals surface area contributed by atoms with E-state index in [4.69, 9.17) is 26.5 Å². The highest BCUT2D eigenvalue weighted by molar-refractivity contribution is 7.92. The molecule has 0 saturated heterocycles. The molecule has 0 spiro atoms. The quantitative estimate of drug-likeness (QED) is 0.348. The molecule has 0 amide bonds. The van der Waals surface area contributed by atoms with E-state index in [0.717, 1.165) is 29.1 Å². The van der Waals surface area contributed by atoms with Crippen molar-refractivity contribution in [3.05, 3.63) is 58.9 Å². The number of hydrogen-bond donors (Lipinski definition) is 1. The van der Waals surface area contributed by atoms with Gasteiger partial charge in [0.15, 0.2) is 5.82 Å². The second kappa shape index (κ2) is 11.2. The molecule has 2 N–H and O–H groups in total. The number of benzene rings is 1. The number of rotatable bonds is 12. The summed E-state index contributed by atoms with van der Waals surface area (Å²) in [5, 5.41) is 0.128. The maximum absolute atomic E-state index is 12.5. The van der Waals surface area contributed by atoms with E-state index in [1.165, 1.54) is 7.05 Å². The van der Waals surface area contributed by atoms with Crippen molar-refractivity contribution in [3.63, 3.8) is 0 Å². The molecule has 206 valence electrons. The number of pyridine rings is 1. The first kappa shape index (κ1) is 28.4. The van der Waals surface area contributed by atoms with Gasteiger partial charge in [0.25, 0.3) is 0 Å². The molecular weight excluding hydrogens is 526 g/mol. The maximum Gasteiger partial charge on any atom is 0.233 e. The van der Waals surface area contributed by atoms with Gasteiger partial charge in [0, 0.05) is 27.2 Å². The molecule has 11 heteroatoms. The van der Waals surface area contributed by atoms with Crippen molar-refractivity contribution in [2.75, 3.05) is 49.3 Å². The Labute approximate surface area is 230 Å². The number of oxazole rings is 1. The molecule has 2 heterocycles. The number of aromatic nitrogens is 2. The van der Waals surface area contributed by atoms with Gasteiger partial charge in [0.2, 0.25) is 15.9 Å². The first-order valence-electron chi connectivity index (χ1n) is 12.6. The van der Waals surface area contributed by atoms with Gasteiger partial charge in [-0.15, -0.1) is 0 Å². The minimum atomic E-state index is -3.64. The lowest BCUT2D eigenvalue weighted by molar-refractivity contribution is 0.204. The second-order valence-corrected chi connectivity index (χ2v) is 12.8. The lowest BCUT2D eigenvalue weighted by atomic mass is 9.92. The number of ether oxygens (including phenoxy) is 1. The highest BCUT2D eigenvalue weighted by Gasteiger charge is 2.35. The van der Waals surface area contributed by atoms with Crippen molar-refractivity contribution in [1.82, 2.24) is 9.97 Å². The molecule has 3 atom stereocenters. The van der Waals surface area contributed by atoms with Gasteiger partial charge in [-0.2, -0.15) is 0 Å². The molecule has 1 fully saturated rings. The summed E-state index contributed by atoms with van der Waals surface area (Å²) >= 11 is 6.78. The molecule has 1 aliphatic carbocycles. The minimum absolute atomic E-state index is 0.104. The van der Waals surface area contributed by atoms with Gasteiger partial charge in [-0.25, -0.2) is 18.4 Å². The largest absolute Gasteiger partial charge is 0.439 e. The van der Waals surface area contributed by atoms with E-state index in [2.05, 4.69) is 21.8 Å². The van der Waals surface area contributed by atoms with Crippen LogP contribution in [0.1, 0.15) is 31.6 Å². The van der Waals surface area contributed by atoms with Gasteiger partial charge in [-0.3, -0.25) is 4.31 Å². The molecule has 1 aliphatic rings. The molecule has 38 heavy (non-hydrogen) atoms. The molecule has 0 bridgehead atoms. The highest BCUT2D eigenvalue weighted by atomic mass is 35.5. The van der Waals surface area contributed by atoms with Crippen LogP contribution < -0.4 is 14.9 Å². The van der Waals surface area contributed by atoms with Gasteiger partial charge in [-0.1, -0.05) is 48.9 Å². The fraction of sp³-hybridized carbons (Fsp3) is 0.481. The van der Waals surface area contributed by atoms with E-state index < -0.39 is 15.6 Å². The zero-order valence-electron chi connectivity index (χ0n) is 22.5. The number of halogens is 1. The number of methoxy groups -OCH3 is 1. The van der Waals surface area contributed by atoms with Crippen LogP contribution in [0.4, 0.5) is 11.6 Å².